The zero-order chi connectivity index (χ0) is 26.4. The summed E-state index contributed by atoms with van der Waals surface area (Å²) < 4.78 is 3.74. The summed E-state index contributed by atoms with van der Waals surface area (Å²) in [6.45, 7) is 3.84. The minimum Gasteiger partial charge on any atom is -0.345 e. The Kier molecular flexibility index (Phi) is 9.08. The molecule has 2 aliphatic rings. The molecule has 5 rings (SSSR count). The molecule has 0 atom stereocenters. The first kappa shape index (κ1) is 27.0. The van der Waals surface area contributed by atoms with Gasteiger partial charge in [0.2, 0.25) is 5.13 Å². The quantitative estimate of drug-likeness (QED) is 0.472. The summed E-state index contributed by atoms with van der Waals surface area (Å²) >= 11 is 8.36. The van der Waals surface area contributed by atoms with Gasteiger partial charge in [-0.25, -0.2) is 9.97 Å². The first-order valence-electron chi connectivity index (χ1n) is 11.6. The van der Waals surface area contributed by atoms with E-state index in [4.69, 9.17) is 11.6 Å². The number of hydrogen-bond donors (Lipinski definition) is 1. The minimum atomic E-state index is -0.989. The number of likely N-dealkylation sites (N-methyl/N-ethyl adjacent to an activating group) is 2. The van der Waals surface area contributed by atoms with Gasteiger partial charge in [-0.3, -0.25) is 19.3 Å². The van der Waals surface area contributed by atoms with Gasteiger partial charge in [-0.15, -0.1) is 11.3 Å². The maximum atomic E-state index is 12.5. The molecule has 0 saturated carbocycles. The molecule has 2 aliphatic heterocycles. The second-order valence-corrected chi connectivity index (χ2v) is 10.8. The third kappa shape index (κ3) is 7.03. The molecule has 1 saturated heterocycles. The van der Waals surface area contributed by atoms with Crippen LogP contribution in [0.5, 0.6) is 0 Å². The fourth-order valence-electron chi connectivity index (χ4n) is 3.76. The van der Waals surface area contributed by atoms with Gasteiger partial charge < -0.3 is 15.1 Å². The number of hydrogen-bond acceptors (Lipinski definition) is 12. The molecule has 1 fully saturated rings. The zero-order valence-electron chi connectivity index (χ0n) is 20.4. The summed E-state index contributed by atoms with van der Waals surface area (Å²) in [6, 6.07) is 2.99. The lowest BCUT2D eigenvalue weighted by molar-refractivity contribution is -0.140. The number of halogens is 1. The average molecular weight is 564 g/mol. The molecule has 15 heteroatoms. The van der Waals surface area contributed by atoms with Crippen molar-refractivity contribution in [3.8, 4) is 0 Å². The molecule has 0 aliphatic carbocycles. The van der Waals surface area contributed by atoms with Crippen LogP contribution in [0.3, 0.4) is 0 Å². The molecule has 3 amide bonds. The fourth-order valence-corrected chi connectivity index (χ4v) is 5.55. The fraction of sp³-hybridized carbons (Fsp3) is 0.455. The van der Waals surface area contributed by atoms with Crippen LogP contribution < -0.4 is 10.2 Å². The van der Waals surface area contributed by atoms with E-state index >= 15 is 0 Å². The highest BCUT2D eigenvalue weighted by Crippen LogP contribution is 2.25. The molecule has 37 heavy (non-hydrogen) atoms. The Bertz CT molecular complexity index is 1230. The number of rotatable bonds is 3. The van der Waals surface area contributed by atoms with Crippen LogP contribution in [-0.4, -0.2) is 86.0 Å². The number of piperidine rings is 1. The number of thiazole rings is 1. The standard InChI is InChI=1S/C16H16ClN5O3S.C6H10N4S/c1-21-6-5-10-11(8-21)26-14(19-10)16(25)22(2)15(24)13(23)20-12-4-3-9(17)7-18-12;1-2-4-10(5-3-1)6-7-8-9-11-6/h3-4,7H,5-6,8H2,1-2H3,(H,18,20,23);1-5H2. The van der Waals surface area contributed by atoms with E-state index in [0.29, 0.717) is 5.02 Å². The highest BCUT2D eigenvalue weighted by Gasteiger charge is 2.29. The van der Waals surface area contributed by atoms with Gasteiger partial charge in [0.05, 0.1) is 10.7 Å². The average Bonchev–Trinajstić information content (AvgIpc) is 3.60. The van der Waals surface area contributed by atoms with E-state index in [-0.39, 0.29) is 10.8 Å². The molecule has 0 bridgehead atoms. The van der Waals surface area contributed by atoms with Crippen molar-refractivity contribution in [2.45, 2.75) is 32.2 Å². The van der Waals surface area contributed by atoms with Crippen molar-refractivity contribution >= 4 is 63.1 Å². The Morgan fingerprint density at radius 3 is 2.59 bits per heavy atom. The highest BCUT2D eigenvalue weighted by molar-refractivity contribution is 7.13. The lowest BCUT2D eigenvalue weighted by atomic mass is 10.1. The van der Waals surface area contributed by atoms with Crippen LogP contribution in [0.1, 0.15) is 39.6 Å². The van der Waals surface area contributed by atoms with Crippen molar-refractivity contribution in [1.29, 1.82) is 0 Å². The number of fused-ring (bicyclic) bond motifs is 1. The van der Waals surface area contributed by atoms with Crippen LogP contribution in [0.25, 0.3) is 0 Å². The molecule has 5 heterocycles. The van der Waals surface area contributed by atoms with Gasteiger partial charge in [0.15, 0.2) is 5.01 Å². The Balaban J connectivity index is 0.000000241. The van der Waals surface area contributed by atoms with Gasteiger partial charge in [0.1, 0.15) is 5.82 Å². The predicted octanol–water partition coefficient (Wildman–Crippen LogP) is 2.34. The van der Waals surface area contributed by atoms with Gasteiger partial charge in [-0.2, -0.15) is 0 Å². The molecule has 3 aromatic rings. The van der Waals surface area contributed by atoms with Gasteiger partial charge in [-0.05, 0) is 43.7 Å². The summed E-state index contributed by atoms with van der Waals surface area (Å²) in [5.41, 5.74) is 0.882. The molecular weight excluding hydrogens is 538 g/mol. The number of nitrogens with zero attached hydrogens (tertiary/aromatic N) is 8. The topological polar surface area (TPSA) is 137 Å². The van der Waals surface area contributed by atoms with Crippen molar-refractivity contribution in [1.82, 2.24) is 34.6 Å². The van der Waals surface area contributed by atoms with Crippen molar-refractivity contribution < 1.29 is 14.4 Å². The third-order valence-electron chi connectivity index (χ3n) is 5.79. The van der Waals surface area contributed by atoms with Crippen molar-refractivity contribution in [2.24, 2.45) is 0 Å². The Morgan fingerprint density at radius 2 is 1.92 bits per heavy atom. The van der Waals surface area contributed by atoms with Crippen LogP contribution in [0.2, 0.25) is 5.02 Å². The minimum absolute atomic E-state index is 0.168. The summed E-state index contributed by atoms with van der Waals surface area (Å²) in [7, 11) is 3.25. The summed E-state index contributed by atoms with van der Waals surface area (Å²) in [4.78, 5) is 51.2. The van der Waals surface area contributed by atoms with Crippen LogP contribution in [0.4, 0.5) is 10.9 Å². The maximum Gasteiger partial charge on any atom is 0.318 e. The molecule has 0 unspecified atom stereocenters. The Hall–Kier alpha value is -3.07. The lowest BCUT2D eigenvalue weighted by Crippen LogP contribution is -2.41. The predicted molar refractivity (Wildman–Crippen MR) is 141 cm³/mol. The SMILES string of the molecule is C1CCN(c2nnns2)CC1.CN1CCc2nc(C(=O)N(C)C(=O)C(=O)Nc3ccc(Cl)cn3)sc2C1. The number of nitrogens with one attached hydrogen (secondary N) is 1. The molecular formula is C22H26ClN9O3S2. The van der Waals surface area contributed by atoms with Gasteiger partial charge in [-0.1, -0.05) is 21.2 Å². The van der Waals surface area contributed by atoms with Crippen molar-refractivity contribution in [2.75, 3.05) is 43.9 Å². The number of anilines is 2. The van der Waals surface area contributed by atoms with Gasteiger partial charge >= 0.3 is 11.8 Å². The highest BCUT2D eigenvalue weighted by atomic mass is 35.5. The molecule has 0 radical (unpaired) electrons. The van der Waals surface area contributed by atoms with E-state index in [0.717, 1.165) is 53.2 Å². The van der Waals surface area contributed by atoms with Crippen LogP contribution >= 0.6 is 34.5 Å². The first-order chi connectivity index (χ1) is 17.8. The molecule has 0 aromatic carbocycles. The van der Waals surface area contributed by atoms with Crippen LogP contribution in [0.15, 0.2) is 18.3 Å². The number of pyridine rings is 1. The molecule has 196 valence electrons. The zero-order valence-corrected chi connectivity index (χ0v) is 22.8. The van der Waals surface area contributed by atoms with E-state index < -0.39 is 17.7 Å². The molecule has 0 spiro atoms. The molecule has 3 aromatic heterocycles. The number of imide groups is 1. The van der Waals surface area contributed by atoms with E-state index in [1.165, 1.54) is 67.5 Å². The third-order valence-corrected chi connectivity index (χ3v) is 7.75. The van der Waals surface area contributed by atoms with E-state index in [9.17, 15) is 14.4 Å². The lowest BCUT2D eigenvalue weighted by Gasteiger charge is -2.24. The summed E-state index contributed by atoms with van der Waals surface area (Å²) in [5, 5.41) is 11.4. The summed E-state index contributed by atoms with van der Waals surface area (Å²) in [6.07, 6.45) is 6.01. The number of carbonyl (C=O) groups is 3. The van der Waals surface area contributed by atoms with Crippen molar-refractivity contribution in [3.63, 3.8) is 0 Å². The van der Waals surface area contributed by atoms with E-state index in [1.807, 2.05) is 7.05 Å². The normalized spacial score (nSPS) is 15.3. The molecule has 12 nitrogen and oxygen atoms in total. The summed E-state index contributed by atoms with van der Waals surface area (Å²) in [5.74, 6) is -2.38. The number of aromatic nitrogens is 5. The second-order valence-electron chi connectivity index (χ2n) is 8.55. The van der Waals surface area contributed by atoms with E-state index in [1.54, 1.807) is 0 Å². The number of carbonyl (C=O) groups excluding carboxylic acids is 3. The monoisotopic (exact) mass is 563 g/mol. The van der Waals surface area contributed by atoms with E-state index in [2.05, 4.69) is 39.9 Å². The smallest absolute Gasteiger partial charge is 0.318 e. The Morgan fingerprint density at radius 1 is 1.14 bits per heavy atom. The maximum absolute atomic E-state index is 12.5. The van der Waals surface area contributed by atoms with Crippen LogP contribution in [0, 0.1) is 0 Å². The van der Waals surface area contributed by atoms with Gasteiger partial charge in [0, 0.05) is 62.3 Å². The first-order valence-corrected chi connectivity index (χ1v) is 13.6. The molecule has 1 N–H and O–H groups in total. The van der Waals surface area contributed by atoms with Crippen LogP contribution in [-0.2, 0) is 22.6 Å². The largest absolute Gasteiger partial charge is 0.345 e. The number of amides is 3. The Labute approximate surface area is 226 Å². The van der Waals surface area contributed by atoms with Gasteiger partial charge in [0.25, 0.3) is 5.91 Å². The second kappa shape index (κ2) is 12.4. The van der Waals surface area contributed by atoms with Crippen molar-refractivity contribution in [3.05, 3.63) is 38.9 Å².